The zero-order valence-electron chi connectivity index (χ0n) is 13.4. The average molecular weight is 363 g/mol. The summed E-state index contributed by atoms with van der Waals surface area (Å²) in [6, 6.07) is 18.6. The summed E-state index contributed by atoms with van der Waals surface area (Å²) < 4.78 is 25.0. The molecule has 0 saturated heterocycles. The maximum Gasteiger partial charge on any atom is 0.253 e. The molecule has 0 radical (unpaired) electrons. The number of benzene rings is 2. The molecule has 0 atom stereocenters. The van der Waals surface area contributed by atoms with Crippen LogP contribution in [0.15, 0.2) is 70.5 Å². The Balaban J connectivity index is 1.75. The normalized spacial score (nSPS) is 17.5. The molecular formula is C18H22N2O2S2. The summed E-state index contributed by atoms with van der Waals surface area (Å²) in [5, 5.41) is 0. The maximum absolute atomic E-state index is 12.5. The molecule has 0 aromatic heterocycles. The van der Waals surface area contributed by atoms with Crippen molar-refractivity contribution in [1.29, 1.82) is 0 Å². The Hall–Kier alpha value is -1.34. The van der Waals surface area contributed by atoms with Gasteiger partial charge in [0.1, 0.15) is 0 Å². The highest BCUT2D eigenvalue weighted by atomic mass is 32.2. The van der Waals surface area contributed by atoms with Gasteiger partial charge in [0.25, 0.3) is 10.0 Å². The number of hydrazine groups is 1. The Kier molecular flexibility index (Phi) is 5.61. The van der Waals surface area contributed by atoms with Gasteiger partial charge in [-0.15, -0.1) is 16.6 Å². The quantitative estimate of drug-likeness (QED) is 0.604. The van der Waals surface area contributed by atoms with E-state index in [1.54, 1.807) is 42.1 Å². The molecule has 6 heteroatoms. The minimum absolute atomic E-state index is 0.271. The van der Waals surface area contributed by atoms with Crippen LogP contribution in [0.2, 0.25) is 0 Å². The van der Waals surface area contributed by atoms with Crippen molar-refractivity contribution in [3.05, 3.63) is 60.7 Å². The molecule has 0 spiro atoms. The maximum atomic E-state index is 12.5. The Morgan fingerprint density at radius 1 is 0.833 bits per heavy atom. The molecule has 3 rings (SSSR count). The second kappa shape index (κ2) is 7.70. The van der Waals surface area contributed by atoms with Crippen molar-refractivity contribution in [2.45, 2.75) is 46.8 Å². The van der Waals surface area contributed by atoms with E-state index in [-0.39, 0.29) is 9.77 Å². The molecule has 2 N–H and O–H groups in total. The summed E-state index contributed by atoms with van der Waals surface area (Å²) in [7, 11) is -3.56. The lowest BCUT2D eigenvalue weighted by Gasteiger charge is -2.37. The zero-order chi connectivity index (χ0) is 16.9. The van der Waals surface area contributed by atoms with E-state index in [9.17, 15) is 8.42 Å². The van der Waals surface area contributed by atoms with Gasteiger partial charge in [-0.2, -0.15) is 0 Å². The fourth-order valence-corrected chi connectivity index (χ4v) is 5.28. The number of hydrogen-bond donors (Lipinski definition) is 2. The molecule has 24 heavy (non-hydrogen) atoms. The molecule has 0 unspecified atom stereocenters. The molecule has 0 aliphatic heterocycles. The van der Waals surface area contributed by atoms with Gasteiger partial charge in [0, 0.05) is 4.90 Å². The van der Waals surface area contributed by atoms with Crippen molar-refractivity contribution in [2.75, 3.05) is 0 Å². The molecule has 1 fully saturated rings. The Morgan fingerprint density at radius 3 is 2.04 bits per heavy atom. The first kappa shape index (κ1) is 17.5. The predicted molar refractivity (Wildman–Crippen MR) is 98.0 cm³/mol. The number of thioether (sulfide) groups is 1. The SMILES string of the molecule is O=S(=O)(NNC1(Sc2ccccc2)CCCCC1)c1ccccc1. The van der Waals surface area contributed by atoms with E-state index >= 15 is 0 Å². The van der Waals surface area contributed by atoms with Crippen LogP contribution in [0.4, 0.5) is 0 Å². The highest BCUT2D eigenvalue weighted by Crippen LogP contribution is 2.41. The fourth-order valence-electron chi connectivity index (χ4n) is 2.91. The lowest BCUT2D eigenvalue weighted by molar-refractivity contribution is 0.326. The first-order valence-corrected chi connectivity index (χ1v) is 10.5. The molecule has 1 saturated carbocycles. The molecule has 1 aliphatic carbocycles. The van der Waals surface area contributed by atoms with Crippen LogP contribution < -0.4 is 10.3 Å². The summed E-state index contributed by atoms with van der Waals surface area (Å²) in [5.41, 5.74) is 3.15. The number of rotatable bonds is 6. The lowest BCUT2D eigenvalue weighted by Crippen LogP contribution is -2.53. The third kappa shape index (κ3) is 4.39. The first-order chi connectivity index (χ1) is 11.6. The summed E-state index contributed by atoms with van der Waals surface area (Å²) >= 11 is 1.71. The Labute approximate surface area is 148 Å². The van der Waals surface area contributed by atoms with Gasteiger partial charge in [0.05, 0.1) is 9.77 Å². The van der Waals surface area contributed by atoms with Gasteiger partial charge in [-0.25, -0.2) is 13.8 Å². The van der Waals surface area contributed by atoms with Crippen LogP contribution in [-0.2, 0) is 10.0 Å². The van der Waals surface area contributed by atoms with Gasteiger partial charge in [-0.1, -0.05) is 55.7 Å². The van der Waals surface area contributed by atoms with Crippen LogP contribution >= 0.6 is 11.8 Å². The van der Waals surface area contributed by atoms with Crippen LogP contribution in [0, 0.1) is 0 Å². The van der Waals surface area contributed by atoms with Gasteiger partial charge < -0.3 is 0 Å². The van der Waals surface area contributed by atoms with Gasteiger partial charge in [-0.05, 0) is 37.1 Å². The third-order valence-electron chi connectivity index (χ3n) is 4.18. The van der Waals surface area contributed by atoms with Gasteiger partial charge >= 0.3 is 0 Å². The topological polar surface area (TPSA) is 58.2 Å². The molecule has 4 nitrogen and oxygen atoms in total. The van der Waals surface area contributed by atoms with Crippen LogP contribution in [0.5, 0.6) is 0 Å². The second-order valence-corrected chi connectivity index (χ2v) is 9.15. The van der Waals surface area contributed by atoms with Crippen molar-refractivity contribution in [3.63, 3.8) is 0 Å². The fraction of sp³-hybridized carbons (Fsp3) is 0.333. The van der Waals surface area contributed by atoms with Crippen molar-refractivity contribution in [2.24, 2.45) is 0 Å². The highest BCUT2D eigenvalue weighted by molar-refractivity contribution is 8.00. The predicted octanol–water partition coefficient (Wildman–Crippen LogP) is 3.92. The molecule has 0 amide bonds. The molecule has 0 bridgehead atoms. The summed E-state index contributed by atoms with van der Waals surface area (Å²) in [5.74, 6) is 0. The molecular weight excluding hydrogens is 340 g/mol. The van der Waals surface area contributed by atoms with E-state index in [1.807, 2.05) is 18.2 Å². The van der Waals surface area contributed by atoms with Crippen LogP contribution in [-0.4, -0.2) is 13.3 Å². The molecule has 128 valence electrons. The van der Waals surface area contributed by atoms with Gasteiger partial charge in [0.2, 0.25) is 0 Å². The van der Waals surface area contributed by atoms with Crippen molar-refractivity contribution < 1.29 is 8.42 Å². The largest absolute Gasteiger partial charge is 0.253 e. The van der Waals surface area contributed by atoms with Crippen molar-refractivity contribution in [1.82, 2.24) is 10.3 Å². The van der Waals surface area contributed by atoms with Crippen LogP contribution in [0.3, 0.4) is 0 Å². The number of sulfonamides is 1. The van der Waals surface area contributed by atoms with Crippen LogP contribution in [0.25, 0.3) is 0 Å². The van der Waals surface area contributed by atoms with Crippen molar-refractivity contribution >= 4 is 21.8 Å². The van der Waals surface area contributed by atoms with Crippen LogP contribution in [0.1, 0.15) is 32.1 Å². The van der Waals surface area contributed by atoms with E-state index < -0.39 is 10.0 Å². The monoisotopic (exact) mass is 362 g/mol. The van der Waals surface area contributed by atoms with E-state index in [0.717, 1.165) is 30.6 Å². The van der Waals surface area contributed by atoms with E-state index in [0.29, 0.717) is 0 Å². The van der Waals surface area contributed by atoms with E-state index in [1.165, 1.54) is 6.42 Å². The molecule has 1 aliphatic rings. The van der Waals surface area contributed by atoms with Gasteiger partial charge in [0.15, 0.2) is 0 Å². The zero-order valence-corrected chi connectivity index (χ0v) is 15.1. The average Bonchev–Trinajstić information content (AvgIpc) is 2.63. The molecule has 2 aromatic carbocycles. The minimum Gasteiger partial charge on any atom is -0.227 e. The first-order valence-electron chi connectivity index (χ1n) is 8.18. The lowest BCUT2D eigenvalue weighted by atomic mass is 9.95. The minimum atomic E-state index is -3.56. The molecule has 0 heterocycles. The number of nitrogens with one attached hydrogen (secondary N) is 2. The number of hydrogen-bond acceptors (Lipinski definition) is 4. The smallest absolute Gasteiger partial charge is 0.227 e. The van der Waals surface area contributed by atoms with Crippen molar-refractivity contribution in [3.8, 4) is 0 Å². The summed E-state index contributed by atoms with van der Waals surface area (Å²) in [4.78, 5) is 3.72. The van der Waals surface area contributed by atoms with E-state index in [4.69, 9.17) is 0 Å². The standard InChI is InChI=1S/C18H22N2O2S2/c21-24(22,17-12-6-2-7-13-17)20-19-18(14-8-3-9-15-18)23-16-10-4-1-5-11-16/h1-2,4-7,10-13,19-20H,3,8-9,14-15H2. The Bertz CT molecular complexity index is 743. The second-order valence-electron chi connectivity index (χ2n) is 6.01. The Morgan fingerprint density at radius 2 is 1.42 bits per heavy atom. The van der Waals surface area contributed by atoms with E-state index in [2.05, 4.69) is 22.4 Å². The van der Waals surface area contributed by atoms with Gasteiger partial charge in [-0.3, -0.25) is 0 Å². The summed E-state index contributed by atoms with van der Waals surface area (Å²) in [6.45, 7) is 0. The molecule has 2 aromatic rings. The highest BCUT2D eigenvalue weighted by Gasteiger charge is 2.34. The third-order valence-corrected chi connectivity index (χ3v) is 6.86. The summed E-state index contributed by atoms with van der Waals surface area (Å²) in [6.07, 6.45) is 5.26.